The van der Waals surface area contributed by atoms with Gasteiger partial charge in [-0.25, -0.2) is 4.79 Å². The van der Waals surface area contributed by atoms with Crippen LogP contribution in [0, 0.1) is 0 Å². The maximum absolute atomic E-state index is 10.8. The lowest BCUT2D eigenvalue weighted by atomic mass is 10.4. The van der Waals surface area contributed by atoms with Crippen molar-refractivity contribution in [2.45, 2.75) is 13.0 Å². The molecule has 0 amide bonds. The lowest BCUT2D eigenvalue weighted by molar-refractivity contribution is 0.0553. The minimum Gasteiger partial charge on any atom is -0.462 e. The molecule has 0 radical (unpaired) electrons. The van der Waals surface area contributed by atoms with Crippen molar-refractivity contribution in [1.82, 2.24) is 10.2 Å². The smallest absolute Gasteiger partial charge is 0.396 e. The molecule has 1 rings (SSSR count). The molecule has 6 heteroatoms. The highest BCUT2D eigenvalue weighted by molar-refractivity contribution is 5.83. The van der Waals surface area contributed by atoms with Crippen molar-refractivity contribution in [3.63, 3.8) is 0 Å². The van der Waals surface area contributed by atoms with Gasteiger partial charge in [0.05, 0.1) is 13.2 Å². The molecule has 1 unspecified atom stereocenters. The van der Waals surface area contributed by atoms with Crippen molar-refractivity contribution in [3.05, 3.63) is 11.8 Å². The minimum absolute atomic E-state index is 0.176. The number of aromatic nitrogens is 2. The van der Waals surface area contributed by atoms with Crippen LogP contribution in [0.15, 0.2) is 4.42 Å². The third kappa shape index (κ3) is 1.59. The molecule has 1 aromatic heterocycles. The number of carbonyl (C=O) groups excluding carboxylic acids is 1. The molecule has 66 valence electrons. The Morgan fingerprint density at radius 1 is 1.67 bits per heavy atom. The molecule has 1 atom stereocenters. The normalized spacial score (nSPS) is 12.6. The number of nitrogens with zero attached hydrogens (tertiary/aromatic N) is 2. The number of methoxy groups -OCH3 is 1. The quantitative estimate of drug-likeness (QED) is 0.623. The lowest BCUT2D eigenvalue weighted by Gasteiger charge is -1.94. The second kappa shape index (κ2) is 3.31. The van der Waals surface area contributed by atoms with E-state index in [9.17, 15) is 4.79 Å². The molecule has 0 aliphatic heterocycles. The van der Waals surface area contributed by atoms with Crippen LogP contribution in [0.5, 0.6) is 0 Å². The molecule has 0 spiro atoms. The van der Waals surface area contributed by atoms with Gasteiger partial charge in [0, 0.05) is 0 Å². The number of ether oxygens (including phenoxy) is 1. The van der Waals surface area contributed by atoms with Crippen LogP contribution in [0.4, 0.5) is 0 Å². The van der Waals surface area contributed by atoms with E-state index in [1.807, 2.05) is 0 Å². The Balaban J connectivity index is 2.84. The Labute approximate surface area is 68.7 Å². The maximum atomic E-state index is 10.8. The van der Waals surface area contributed by atoms with Crippen molar-refractivity contribution in [3.8, 4) is 0 Å². The van der Waals surface area contributed by atoms with Gasteiger partial charge in [-0.3, -0.25) is 0 Å². The molecule has 0 saturated carbocycles. The molecule has 0 aromatic carbocycles. The average molecular weight is 171 g/mol. The average Bonchev–Trinajstić information content (AvgIpc) is 2.51. The van der Waals surface area contributed by atoms with Gasteiger partial charge in [-0.05, 0) is 6.92 Å². The Morgan fingerprint density at radius 3 is 2.75 bits per heavy atom. The molecule has 6 nitrogen and oxygen atoms in total. The summed E-state index contributed by atoms with van der Waals surface area (Å²) in [6, 6.07) is -0.379. The molecule has 0 aliphatic carbocycles. The Kier molecular flexibility index (Phi) is 2.39. The Morgan fingerprint density at radius 2 is 2.33 bits per heavy atom. The van der Waals surface area contributed by atoms with Crippen LogP contribution in [0.2, 0.25) is 0 Å². The number of hydrogen-bond donors (Lipinski definition) is 1. The summed E-state index contributed by atoms with van der Waals surface area (Å²) in [7, 11) is 1.23. The van der Waals surface area contributed by atoms with Crippen LogP contribution in [0.1, 0.15) is 29.5 Å². The molecular formula is C6H9N3O3. The highest BCUT2D eigenvalue weighted by Crippen LogP contribution is 2.07. The number of carbonyl (C=O) groups is 1. The van der Waals surface area contributed by atoms with Crippen LogP contribution in [-0.4, -0.2) is 23.3 Å². The summed E-state index contributed by atoms with van der Waals surface area (Å²) >= 11 is 0. The molecule has 12 heavy (non-hydrogen) atoms. The second-order valence-corrected chi connectivity index (χ2v) is 2.23. The van der Waals surface area contributed by atoms with Gasteiger partial charge in [-0.2, -0.15) is 0 Å². The van der Waals surface area contributed by atoms with Gasteiger partial charge in [0.15, 0.2) is 0 Å². The van der Waals surface area contributed by atoms with Gasteiger partial charge in [-0.15, -0.1) is 10.2 Å². The van der Waals surface area contributed by atoms with E-state index in [1.54, 1.807) is 6.92 Å². The third-order valence-corrected chi connectivity index (χ3v) is 1.19. The van der Waals surface area contributed by atoms with Gasteiger partial charge in [0.1, 0.15) is 0 Å². The highest BCUT2D eigenvalue weighted by atomic mass is 16.5. The standard InChI is InChI=1S/C6H9N3O3/c1-3(7)4-8-9-5(12-4)6(10)11-2/h3H,7H2,1-2H3. The first kappa shape index (κ1) is 8.66. The molecule has 0 fully saturated rings. The minimum atomic E-state index is -0.658. The van der Waals surface area contributed by atoms with Crippen LogP contribution in [-0.2, 0) is 4.74 Å². The predicted molar refractivity (Wildman–Crippen MR) is 38.2 cm³/mol. The molecule has 0 aliphatic rings. The number of rotatable bonds is 2. The third-order valence-electron chi connectivity index (χ3n) is 1.19. The molecule has 2 N–H and O–H groups in total. The predicted octanol–water partition coefficient (Wildman–Crippen LogP) is -0.124. The van der Waals surface area contributed by atoms with Crippen LogP contribution < -0.4 is 5.73 Å². The highest BCUT2D eigenvalue weighted by Gasteiger charge is 2.16. The van der Waals surface area contributed by atoms with E-state index in [4.69, 9.17) is 10.2 Å². The summed E-state index contributed by atoms with van der Waals surface area (Å²) in [6.45, 7) is 1.68. The lowest BCUT2D eigenvalue weighted by Crippen LogP contribution is -2.05. The molecule has 0 saturated heterocycles. The molecule has 1 aromatic rings. The fraction of sp³-hybridized carbons (Fsp3) is 0.500. The number of nitrogens with two attached hydrogens (primary N) is 1. The summed E-state index contributed by atoms with van der Waals surface area (Å²) in [5, 5.41) is 6.98. The van der Waals surface area contributed by atoms with E-state index in [0.29, 0.717) is 0 Å². The SMILES string of the molecule is COC(=O)c1nnc(C(C)N)o1. The monoisotopic (exact) mass is 171 g/mol. The molecule has 0 bridgehead atoms. The van der Waals surface area contributed by atoms with Crippen LogP contribution in [0.3, 0.4) is 0 Å². The summed E-state index contributed by atoms with van der Waals surface area (Å²) in [4.78, 5) is 10.8. The first-order chi connectivity index (χ1) is 5.65. The van der Waals surface area contributed by atoms with E-state index in [0.717, 1.165) is 0 Å². The maximum Gasteiger partial charge on any atom is 0.396 e. The van der Waals surface area contributed by atoms with Gasteiger partial charge < -0.3 is 14.9 Å². The summed E-state index contributed by atoms with van der Waals surface area (Å²) in [6.07, 6.45) is 0. The Bertz CT molecular complexity index is 281. The van der Waals surface area contributed by atoms with Crippen molar-refractivity contribution in [2.24, 2.45) is 5.73 Å². The second-order valence-electron chi connectivity index (χ2n) is 2.23. The van der Waals surface area contributed by atoms with Gasteiger partial charge in [0.2, 0.25) is 5.89 Å². The zero-order chi connectivity index (χ0) is 9.14. The Hall–Kier alpha value is -1.43. The first-order valence-electron chi connectivity index (χ1n) is 3.32. The fourth-order valence-corrected chi connectivity index (χ4v) is 0.588. The molecule has 1 heterocycles. The van der Waals surface area contributed by atoms with Crippen molar-refractivity contribution in [2.75, 3.05) is 7.11 Å². The van der Waals surface area contributed by atoms with Gasteiger partial charge >= 0.3 is 11.9 Å². The number of esters is 1. The fourth-order valence-electron chi connectivity index (χ4n) is 0.588. The van der Waals surface area contributed by atoms with E-state index in [1.165, 1.54) is 7.11 Å². The summed E-state index contributed by atoms with van der Waals surface area (Å²) in [5.74, 6) is -0.616. The summed E-state index contributed by atoms with van der Waals surface area (Å²) in [5.41, 5.74) is 5.42. The van der Waals surface area contributed by atoms with Crippen LogP contribution in [0.25, 0.3) is 0 Å². The van der Waals surface area contributed by atoms with Crippen molar-refractivity contribution in [1.29, 1.82) is 0 Å². The first-order valence-corrected chi connectivity index (χ1v) is 3.32. The van der Waals surface area contributed by atoms with Gasteiger partial charge in [0.25, 0.3) is 0 Å². The zero-order valence-corrected chi connectivity index (χ0v) is 6.77. The zero-order valence-electron chi connectivity index (χ0n) is 6.77. The van der Waals surface area contributed by atoms with Crippen LogP contribution >= 0.6 is 0 Å². The van der Waals surface area contributed by atoms with Crippen molar-refractivity contribution >= 4 is 5.97 Å². The largest absolute Gasteiger partial charge is 0.462 e. The van der Waals surface area contributed by atoms with Gasteiger partial charge in [-0.1, -0.05) is 0 Å². The summed E-state index contributed by atoms with van der Waals surface area (Å²) < 4.78 is 9.23. The van der Waals surface area contributed by atoms with E-state index in [2.05, 4.69) is 14.9 Å². The van der Waals surface area contributed by atoms with E-state index in [-0.39, 0.29) is 17.8 Å². The number of hydrogen-bond acceptors (Lipinski definition) is 6. The van der Waals surface area contributed by atoms with Crippen molar-refractivity contribution < 1.29 is 13.9 Å². The van der Waals surface area contributed by atoms with E-state index >= 15 is 0 Å². The van der Waals surface area contributed by atoms with E-state index < -0.39 is 5.97 Å². The molecular weight excluding hydrogens is 162 g/mol. The topological polar surface area (TPSA) is 91.2 Å².